The van der Waals surface area contributed by atoms with Crippen molar-refractivity contribution in [2.75, 3.05) is 0 Å². The lowest BCUT2D eigenvalue weighted by Crippen LogP contribution is -1.93. The Hall–Kier alpha value is -1.30. The lowest BCUT2D eigenvalue weighted by atomic mass is 9.92. The predicted molar refractivity (Wildman–Crippen MR) is 71.4 cm³/mol. The van der Waals surface area contributed by atoms with Crippen LogP contribution in [0.25, 0.3) is 5.57 Å². The van der Waals surface area contributed by atoms with E-state index in [1.165, 1.54) is 36.0 Å². The van der Waals surface area contributed by atoms with Crippen LogP contribution in [0.4, 0.5) is 0 Å². The smallest absolute Gasteiger partial charge is 0.00515 e. The van der Waals surface area contributed by atoms with Gasteiger partial charge in [-0.05, 0) is 48.5 Å². The van der Waals surface area contributed by atoms with Gasteiger partial charge in [0.15, 0.2) is 0 Å². The number of rotatable bonds is 0. The lowest BCUT2D eigenvalue weighted by molar-refractivity contribution is 0.925. The van der Waals surface area contributed by atoms with Gasteiger partial charge in [0.2, 0.25) is 0 Å². The summed E-state index contributed by atoms with van der Waals surface area (Å²) < 4.78 is 0. The number of allylic oxidation sites excluding steroid dienone is 4. The van der Waals surface area contributed by atoms with Gasteiger partial charge in [-0.3, -0.25) is 0 Å². The molecule has 0 spiro atoms. The highest BCUT2D eigenvalue weighted by atomic mass is 14.3. The first-order valence-corrected chi connectivity index (χ1v) is 6.33. The molecule has 0 heterocycles. The molecule has 16 heavy (non-hydrogen) atoms. The molecule has 0 radical (unpaired) electrons. The molecule has 0 unspecified atom stereocenters. The number of fused-ring (bicyclic) bond motifs is 2. The summed E-state index contributed by atoms with van der Waals surface area (Å²) in [6.07, 6.45) is 6.07. The molecule has 0 bridgehead atoms. The Morgan fingerprint density at radius 1 is 1.06 bits per heavy atom. The van der Waals surface area contributed by atoms with Crippen molar-refractivity contribution in [3.05, 3.63) is 52.6 Å². The van der Waals surface area contributed by atoms with Crippen molar-refractivity contribution in [2.24, 2.45) is 0 Å². The fourth-order valence-electron chi connectivity index (χ4n) is 2.70. The van der Waals surface area contributed by atoms with E-state index >= 15 is 0 Å². The minimum Gasteiger partial charge on any atom is -0.0807 e. The Bertz CT molecular complexity index is 447. The highest BCUT2D eigenvalue weighted by Gasteiger charge is 2.23. The van der Waals surface area contributed by atoms with E-state index in [4.69, 9.17) is 0 Å². The van der Waals surface area contributed by atoms with E-state index in [1.807, 2.05) is 13.8 Å². The molecule has 0 aromatic heterocycles. The van der Waals surface area contributed by atoms with Gasteiger partial charge in [-0.2, -0.15) is 0 Å². The second kappa shape index (κ2) is 4.69. The molecule has 0 aliphatic heterocycles. The molecule has 1 aromatic rings. The summed E-state index contributed by atoms with van der Waals surface area (Å²) in [6, 6.07) is 8.83. The third kappa shape index (κ3) is 1.73. The number of benzene rings is 1. The van der Waals surface area contributed by atoms with Crippen LogP contribution in [0.5, 0.6) is 0 Å². The molecule has 2 aliphatic rings. The van der Waals surface area contributed by atoms with Crippen molar-refractivity contribution in [3.8, 4) is 0 Å². The molecule has 0 saturated heterocycles. The van der Waals surface area contributed by atoms with Crippen molar-refractivity contribution in [3.63, 3.8) is 0 Å². The average Bonchev–Trinajstić information content (AvgIpc) is 2.71. The molecule has 2 aliphatic carbocycles. The van der Waals surface area contributed by atoms with Gasteiger partial charge in [0.25, 0.3) is 0 Å². The monoisotopic (exact) mass is 212 g/mol. The summed E-state index contributed by atoms with van der Waals surface area (Å²) in [5, 5.41) is 0. The largest absolute Gasteiger partial charge is 0.0807 e. The average molecular weight is 212 g/mol. The first kappa shape index (κ1) is 11.2. The van der Waals surface area contributed by atoms with Gasteiger partial charge in [0.05, 0.1) is 0 Å². The van der Waals surface area contributed by atoms with Crippen molar-refractivity contribution in [2.45, 2.75) is 40.0 Å². The highest BCUT2D eigenvalue weighted by Crippen LogP contribution is 2.41. The topological polar surface area (TPSA) is 0 Å². The summed E-state index contributed by atoms with van der Waals surface area (Å²) in [6.45, 7) is 6.25. The fraction of sp³-hybridized carbons (Fsp3) is 0.375. The summed E-state index contributed by atoms with van der Waals surface area (Å²) in [5.74, 6) is 0. The SMILES string of the molecule is CC.CC1=CCCC2=C1c1ccccc1C2. The molecule has 1 aromatic carbocycles. The van der Waals surface area contributed by atoms with Crippen LogP contribution in [-0.2, 0) is 6.42 Å². The summed E-state index contributed by atoms with van der Waals surface area (Å²) in [4.78, 5) is 0. The van der Waals surface area contributed by atoms with Gasteiger partial charge >= 0.3 is 0 Å². The van der Waals surface area contributed by atoms with Crippen LogP contribution in [0.2, 0.25) is 0 Å². The van der Waals surface area contributed by atoms with Gasteiger partial charge in [0, 0.05) is 0 Å². The van der Waals surface area contributed by atoms with Gasteiger partial charge in [-0.15, -0.1) is 0 Å². The summed E-state index contributed by atoms with van der Waals surface area (Å²) >= 11 is 0. The zero-order valence-electron chi connectivity index (χ0n) is 10.5. The molecule has 0 nitrogen and oxygen atoms in total. The molecular weight excluding hydrogens is 192 g/mol. The van der Waals surface area contributed by atoms with Gasteiger partial charge in [0.1, 0.15) is 0 Å². The van der Waals surface area contributed by atoms with Crippen LogP contribution in [0.15, 0.2) is 41.5 Å². The molecule has 0 N–H and O–H groups in total. The third-order valence-corrected chi connectivity index (χ3v) is 3.34. The predicted octanol–water partition coefficient (Wildman–Crippen LogP) is 4.76. The summed E-state index contributed by atoms with van der Waals surface area (Å²) in [7, 11) is 0. The fourth-order valence-corrected chi connectivity index (χ4v) is 2.70. The molecule has 3 rings (SSSR count). The van der Waals surface area contributed by atoms with Crippen LogP contribution in [0, 0.1) is 0 Å². The molecule has 84 valence electrons. The Morgan fingerprint density at radius 2 is 1.81 bits per heavy atom. The van der Waals surface area contributed by atoms with Crippen LogP contribution < -0.4 is 0 Å². The minimum atomic E-state index is 1.19. The minimum absolute atomic E-state index is 1.19. The van der Waals surface area contributed by atoms with Crippen molar-refractivity contribution in [1.29, 1.82) is 0 Å². The standard InChI is InChI=1S/C14H14.C2H6/c1-10-5-4-7-12-9-11-6-2-3-8-13(11)14(10)12;1-2/h2-3,5-6,8H,4,7,9H2,1H3;1-2H3. The number of hydrogen-bond donors (Lipinski definition) is 0. The Labute approximate surface area is 98.7 Å². The van der Waals surface area contributed by atoms with E-state index in [1.54, 1.807) is 11.1 Å². The van der Waals surface area contributed by atoms with E-state index < -0.39 is 0 Å². The zero-order valence-corrected chi connectivity index (χ0v) is 10.5. The highest BCUT2D eigenvalue weighted by molar-refractivity contribution is 5.87. The molecule has 0 fully saturated rings. The third-order valence-electron chi connectivity index (χ3n) is 3.34. The number of hydrogen-bond acceptors (Lipinski definition) is 0. The quantitative estimate of drug-likeness (QED) is 0.581. The maximum atomic E-state index is 2.38. The van der Waals surface area contributed by atoms with Crippen LogP contribution >= 0.6 is 0 Å². The molecule has 0 heteroatoms. The molecule has 0 atom stereocenters. The first-order chi connectivity index (χ1) is 7.86. The summed E-state index contributed by atoms with van der Waals surface area (Å²) in [5.41, 5.74) is 7.69. The Kier molecular flexibility index (Phi) is 3.28. The van der Waals surface area contributed by atoms with Gasteiger partial charge in [-0.1, -0.05) is 49.8 Å². The van der Waals surface area contributed by atoms with E-state index in [9.17, 15) is 0 Å². The van der Waals surface area contributed by atoms with E-state index in [0.717, 1.165) is 0 Å². The van der Waals surface area contributed by atoms with Crippen LogP contribution in [0.3, 0.4) is 0 Å². The lowest BCUT2D eigenvalue weighted by Gasteiger charge is -2.13. The van der Waals surface area contributed by atoms with Crippen LogP contribution in [-0.4, -0.2) is 0 Å². The van der Waals surface area contributed by atoms with Gasteiger partial charge < -0.3 is 0 Å². The van der Waals surface area contributed by atoms with Crippen molar-refractivity contribution >= 4 is 5.57 Å². The van der Waals surface area contributed by atoms with Gasteiger partial charge in [-0.25, -0.2) is 0 Å². The zero-order chi connectivity index (χ0) is 11.5. The van der Waals surface area contributed by atoms with E-state index in [2.05, 4.69) is 37.3 Å². The normalized spacial score (nSPS) is 17.1. The second-order valence-corrected chi connectivity index (χ2v) is 4.24. The van der Waals surface area contributed by atoms with Crippen molar-refractivity contribution < 1.29 is 0 Å². The molecule has 0 amide bonds. The molecular formula is C16H20. The second-order valence-electron chi connectivity index (χ2n) is 4.24. The maximum Gasteiger partial charge on any atom is -0.00515 e. The van der Waals surface area contributed by atoms with Crippen LogP contribution in [0.1, 0.15) is 44.7 Å². The Balaban J connectivity index is 0.000000457. The Morgan fingerprint density at radius 3 is 2.62 bits per heavy atom. The van der Waals surface area contributed by atoms with Crippen molar-refractivity contribution in [1.82, 2.24) is 0 Å². The van der Waals surface area contributed by atoms with E-state index in [0.29, 0.717) is 0 Å². The first-order valence-electron chi connectivity index (χ1n) is 6.33. The van der Waals surface area contributed by atoms with E-state index in [-0.39, 0.29) is 0 Å². The maximum absolute atomic E-state index is 2.38. The molecule has 0 saturated carbocycles.